The van der Waals surface area contributed by atoms with Gasteiger partial charge in [-0.25, -0.2) is 4.68 Å². The zero-order valence-corrected chi connectivity index (χ0v) is 15.5. The molecule has 0 bridgehead atoms. The number of amides is 1. The average molecular weight is 347 g/mol. The fourth-order valence-electron chi connectivity index (χ4n) is 2.42. The van der Waals surface area contributed by atoms with Crippen LogP contribution in [0, 0.1) is 6.92 Å². The molecule has 1 heterocycles. The lowest BCUT2D eigenvalue weighted by Crippen LogP contribution is -2.25. The van der Waals surface area contributed by atoms with Gasteiger partial charge in [-0.3, -0.25) is 4.79 Å². The third-order valence-corrected chi connectivity index (χ3v) is 4.91. The van der Waals surface area contributed by atoms with Crippen molar-refractivity contribution in [1.82, 2.24) is 14.9 Å². The van der Waals surface area contributed by atoms with Crippen LogP contribution in [0.4, 0.5) is 5.69 Å². The van der Waals surface area contributed by atoms with Crippen LogP contribution in [0.15, 0.2) is 23.4 Å². The average Bonchev–Trinajstić information content (AvgIpc) is 2.90. The Kier molecular flexibility index (Phi) is 6.25. The number of benzene rings is 1. The Balaban J connectivity index is 2.08. The molecule has 24 heavy (non-hydrogen) atoms. The minimum absolute atomic E-state index is 0.0657. The molecule has 0 radical (unpaired) electrons. The third-order valence-electron chi connectivity index (χ3n) is 3.85. The summed E-state index contributed by atoms with van der Waals surface area (Å²) >= 11 is 1.32. The number of anilines is 1. The van der Waals surface area contributed by atoms with Crippen molar-refractivity contribution in [2.45, 2.75) is 57.4 Å². The zero-order valence-electron chi connectivity index (χ0n) is 14.7. The zero-order chi connectivity index (χ0) is 17.7. The van der Waals surface area contributed by atoms with Gasteiger partial charge in [0.15, 0.2) is 5.82 Å². The lowest BCUT2D eigenvalue weighted by Gasteiger charge is -2.16. The largest absolute Gasteiger partial charge is 0.336 e. The van der Waals surface area contributed by atoms with Crippen LogP contribution in [0.5, 0.6) is 0 Å². The molecule has 1 amide bonds. The van der Waals surface area contributed by atoms with Gasteiger partial charge in [-0.15, -0.1) is 10.2 Å². The van der Waals surface area contributed by atoms with Crippen LogP contribution in [0.3, 0.4) is 0 Å². The topological polar surface area (TPSA) is 85.8 Å². The highest BCUT2D eigenvalue weighted by atomic mass is 32.2. The highest BCUT2D eigenvalue weighted by Gasteiger charge is 2.20. The molecule has 3 N–H and O–H groups in total. The predicted molar refractivity (Wildman–Crippen MR) is 98.7 cm³/mol. The summed E-state index contributed by atoms with van der Waals surface area (Å²) in [4.78, 5) is 12.6. The van der Waals surface area contributed by atoms with E-state index in [0.717, 1.165) is 41.9 Å². The summed E-state index contributed by atoms with van der Waals surface area (Å²) in [5.41, 5.74) is 3.10. The maximum Gasteiger partial charge on any atom is 0.237 e. The van der Waals surface area contributed by atoms with E-state index >= 15 is 0 Å². The summed E-state index contributed by atoms with van der Waals surface area (Å²) < 4.78 is 1.48. The standard InChI is InChI=1S/C17H25N5OS/c1-5-8-14-20-21-17(22(14)18)24-12(4)16(23)19-15-11(3)9-7-10-13(15)6-2/h7,9-10,12H,5-6,8,18H2,1-4H3,(H,19,23)/t12-/m0/s1. The van der Waals surface area contributed by atoms with Crippen LogP contribution in [-0.2, 0) is 17.6 Å². The second kappa shape index (κ2) is 8.19. The molecule has 0 fully saturated rings. The number of aromatic nitrogens is 3. The van der Waals surface area contributed by atoms with Crippen molar-refractivity contribution >= 4 is 23.4 Å². The molecule has 0 saturated heterocycles. The van der Waals surface area contributed by atoms with Crippen molar-refractivity contribution in [3.8, 4) is 0 Å². The third kappa shape index (κ3) is 4.08. The number of thioether (sulfide) groups is 1. The minimum Gasteiger partial charge on any atom is -0.336 e. The van der Waals surface area contributed by atoms with E-state index < -0.39 is 0 Å². The molecule has 1 aromatic heterocycles. The summed E-state index contributed by atoms with van der Waals surface area (Å²) in [6.45, 7) is 7.98. The lowest BCUT2D eigenvalue weighted by molar-refractivity contribution is -0.115. The molecule has 0 aliphatic heterocycles. The van der Waals surface area contributed by atoms with Gasteiger partial charge in [0, 0.05) is 12.1 Å². The van der Waals surface area contributed by atoms with Crippen LogP contribution in [0.1, 0.15) is 44.1 Å². The second-order valence-electron chi connectivity index (χ2n) is 5.73. The summed E-state index contributed by atoms with van der Waals surface area (Å²) in [7, 11) is 0. The molecule has 0 spiro atoms. The van der Waals surface area contributed by atoms with E-state index in [2.05, 4.69) is 29.4 Å². The second-order valence-corrected chi connectivity index (χ2v) is 7.04. The number of hydrogen-bond acceptors (Lipinski definition) is 5. The number of carbonyl (C=O) groups is 1. The molecule has 0 unspecified atom stereocenters. The molecule has 2 aromatic rings. The first kappa shape index (κ1) is 18.3. The quantitative estimate of drug-likeness (QED) is 0.594. The fourth-order valence-corrected chi connectivity index (χ4v) is 3.21. The Morgan fingerprint density at radius 1 is 1.38 bits per heavy atom. The van der Waals surface area contributed by atoms with Gasteiger partial charge in [0.2, 0.25) is 11.1 Å². The molecular weight excluding hydrogens is 322 g/mol. The first-order valence-corrected chi connectivity index (χ1v) is 9.11. The number of rotatable bonds is 7. The molecule has 2 rings (SSSR count). The SMILES string of the molecule is CCCc1nnc(S[C@@H](C)C(=O)Nc2c(C)cccc2CC)n1N. The minimum atomic E-state index is -0.324. The van der Waals surface area contributed by atoms with Crippen molar-refractivity contribution < 1.29 is 4.79 Å². The van der Waals surface area contributed by atoms with Crippen LogP contribution >= 0.6 is 11.8 Å². The fraction of sp³-hybridized carbons (Fsp3) is 0.471. The summed E-state index contributed by atoms with van der Waals surface area (Å²) in [6, 6.07) is 6.04. The molecule has 0 aliphatic carbocycles. The lowest BCUT2D eigenvalue weighted by atomic mass is 10.1. The van der Waals surface area contributed by atoms with Crippen molar-refractivity contribution in [2.75, 3.05) is 11.2 Å². The molecular formula is C17H25N5OS. The van der Waals surface area contributed by atoms with Crippen molar-refractivity contribution in [3.63, 3.8) is 0 Å². The van der Waals surface area contributed by atoms with E-state index in [0.29, 0.717) is 5.16 Å². The molecule has 1 atom stereocenters. The van der Waals surface area contributed by atoms with Gasteiger partial charge in [-0.1, -0.05) is 43.8 Å². The number of nitrogens with zero attached hydrogens (tertiary/aromatic N) is 3. The van der Waals surface area contributed by atoms with Gasteiger partial charge in [0.1, 0.15) is 0 Å². The van der Waals surface area contributed by atoms with E-state index in [4.69, 9.17) is 5.84 Å². The van der Waals surface area contributed by atoms with E-state index in [1.807, 2.05) is 32.0 Å². The van der Waals surface area contributed by atoms with Gasteiger partial charge in [0.05, 0.1) is 5.25 Å². The molecule has 0 aliphatic rings. The maximum absolute atomic E-state index is 12.6. The highest BCUT2D eigenvalue weighted by Crippen LogP contribution is 2.25. The first-order chi connectivity index (χ1) is 11.5. The number of para-hydroxylation sites is 1. The summed E-state index contributed by atoms with van der Waals surface area (Å²) in [5.74, 6) is 6.67. The Morgan fingerprint density at radius 3 is 2.79 bits per heavy atom. The Labute approximate surface area is 147 Å². The normalized spacial score (nSPS) is 12.2. The summed E-state index contributed by atoms with van der Waals surface area (Å²) in [5, 5.41) is 11.4. The predicted octanol–water partition coefficient (Wildman–Crippen LogP) is 2.93. The van der Waals surface area contributed by atoms with Gasteiger partial charge in [0.25, 0.3) is 0 Å². The maximum atomic E-state index is 12.6. The first-order valence-electron chi connectivity index (χ1n) is 8.23. The highest BCUT2D eigenvalue weighted by molar-refractivity contribution is 8.00. The molecule has 0 saturated carbocycles. The molecule has 1 aromatic carbocycles. The number of hydrogen-bond donors (Lipinski definition) is 2. The van der Waals surface area contributed by atoms with Crippen molar-refractivity contribution in [2.24, 2.45) is 0 Å². The number of nitrogens with one attached hydrogen (secondary N) is 1. The summed E-state index contributed by atoms with van der Waals surface area (Å²) in [6.07, 6.45) is 2.59. The van der Waals surface area contributed by atoms with Crippen LogP contribution < -0.4 is 11.2 Å². The van der Waals surface area contributed by atoms with Crippen molar-refractivity contribution in [1.29, 1.82) is 0 Å². The Bertz CT molecular complexity index is 713. The Hall–Kier alpha value is -2.02. The van der Waals surface area contributed by atoms with E-state index in [1.54, 1.807) is 0 Å². The molecule has 6 nitrogen and oxygen atoms in total. The number of nitrogens with two attached hydrogens (primary N) is 1. The molecule has 7 heteroatoms. The van der Waals surface area contributed by atoms with Crippen LogP contribution in [0.25, 0.3) is 0 Å². The van der Waals surface area contributed by atoms with Gasteiger partial charge < -0.3 is 11.2 Å². The number of carbonyl (C=O) groups excluding carboxylic acids is 1. The Morgan fingerprint density at radius 2 is 2.12 bits per heavy atom. The monoisotopic (exact) mass is 347 g/mol. The van der Waals surface area contributed by atoms with Crippen LogP contribution in [0.2, 0.25) is 0 Å². The van der Waals surface area contributed by atoms with Gasteiger partial charge in [-0.2, -0.15) is 0 Å². The number of aryl methyl sites for hydroxylation is 3. The van der Waals surface area contributed by atoms with Crippen LogP contribution in [-0.4, -0.2) is 26.0 Å². The van der Waals surface area contributed by atoms with Gasteiger partial charge in [-0.05, 0) is 37.8 Å². The van der Waals surface area contributed by atoms with E-state index in [9.17, 15) is 4.79 Å². The smallest absolute Gasteiger partial charge is 0.237 e. The van der Waals surface area contributed by atoms with Crippen molar-refractivity contribution in [3.05, 3.63) is 35.2 Å². The number of nitrogen functional groups attached to an aromatic ring is 1. The van der Waals surface area contributed by atoms with E-state index in [1.165, 1.54) is 16.4 Å². The van der Waals surface area contributed by atoms with Gasteiger partial charge >= 0.3 is 0 Å². The van der Waals surface area contributed by atoms with E-state index in [-0.39, 0.29) is 11.2 Å². The molecule has 130 valence electrons.